The number of nitriles is 1. The van der Waals surface area contributed by atoms with Crippen LogP contribution in [0.4, 0.5) is 5.82 Å². The summed E-state index contributed by atoms with van der Waals surface area (Å²) in [5.41, 5.74) is 1.72. The first-order chi connectivity index (χ1) is 9.28. The van der Waals surface area contributed by atoms with Crippen LogP contribution >= 0.6 is 0 Å². The molecule has 0 amide bonds. The van der Waals surface area contributed by atoms with Gasteiger partial charge < -0.3 is 4.90 Å². The molecule has 1 aromatic rings. The van der Waals surface area contributed by atoms with Crippen molar-refractivity contribution >= 4 is 5.82 Å². The second kappa shape index (κ2) is 5.21. The Morgan fingerprint density at radius 1 is 1.21 bits per heavy atom. The molecule has 1 aliphatic carbocycles. The molecule has 0 bridgehead atoms. The molecule has 0 spiro atoms. The van der Waals surface area contributed by atoms with Gasteiger partial charge in [0.15, 0.2) is 0 Å². The van der Waals surface area contributed by atoms with Crippen molar-refractivity contribution in [2.24, 2.45) is 11.8 Å². The van der Waals surface area contributed by atoms with Crippen LogP contribution in [0.15, 0.2) is 12.1 Å². The first kappa shape index (κ1) is 12.5. The quantitative estimate of drug-likeness (QED) is 0.773. The maximum atomic E-state index is 9.26. The molecule has 2 heterocycles. The van der Waals surface area contributed by atoms with Crippen molar-refractivity contribution in [3.63, 3.8) is 0 Å². The molecule has 1 aliphatic heterocycles. The van der Waals surface area contributed by atoms with Crippen LogP contribution < -0.4 is 4.90 Å². The minimum atomic E-state index is 0.722. The largest absolute Gasteiger partial charge is 0.355 e. The number of nitrogens with zero attached hydrogens (tertiary/aromatic N) is 3. The average molecular weight is 255 g/mol. The molecular weight excluding hydrogens is 234 g/mol. The Hall–Kier alpha value is -1.56. The second-order valence-corrected chi connectivity index (χ2v) is 5.97. The lowest BCUT2D eigenvalue weighted by Crippen LogP contribution is -2.42. The number of aryl methyl sites for hydroxylation is 1. The highest BCUT2D eigenvalue weighted by Crippen LogP contribution is 2.37. The summed E-state index contributed by atoms with van der Waals surface area (Å²) in [5, 5.41) is 9.26. The van der Waals surface area contributed by atoms with Crippen LogP contribution in [0.1, 0.15) is 43.4 Å². The van der Waals surface area contributed by atoms with Gasteiger partial charge in [0.25, 0.3) is 0 Å². The molecule has 0 radical (unpaired) electrons. The van der Waals surface area contributed by atoms with Gasteiger partial charge in [0.05, 0.1) is 5.56 Å². The number of rotatable bonds is 1. The van der Waals surface area contributed by atoms with Crippen molar-refractivity contribution in [1.29, 1.82) is 5.26 Å². The molecule has 100 valence electrons. The molecule has 0 aromatic carbocycles. The van der Waals surface area contributed by atoms with Gasteiger partial charge in [0, 0.05) is 18.8 Å². The fourth-order valence-corrected chi connectivity index (χ4v) is 3.66. The average Bonchev–Trinajstić information content (AvgIpc) is 2.46. The van der Waals surface area contributed by atoms with Crippen LogP contribution in [0.3, 0.4) is 0 Å². The third kappa shape index (κ3) is 2.45. The molecular formula is C16H21N3. The van der Waals surface area contributed by atoms with Crippen molar-refractivity contribution in [2.45, 2.75) is 39.0 Å². The number of piperidine rings is 1. The Labute approximate surface area is 115 Å². The summed E-state index contributed by atoms with van der Waals surface area (Å²) in [5.74, 6) is 2.64. The van der Waals surface area contributed by atoms with Gasteiger partial charge in [-0.1, -0.05) is 19.3 Å². The van der Waals surface area contributed by atoms with Crippen molar-refractivity contribution in [1.82, 2.24) is 4.98 Å². The zero-order valence-electron chi connectivity index (χ0n) is 11.6. The third-order valence-corrected chi connectivity index (χ3v) is 4.73. The monoisotopic (exact) mass is 255 g/mol. The lowest BCUT2D eigenvalue weighted by Gasteiger charge is -2.42. The Bertz CT molecular complexity index is 503. The van der Waals surface area contributed by atoms with E-state index in [1.807, 2.05) is 19.1 Å². The van der Waals surface area contributed by atoms with Gasteiger partial charge in [-0.05, 0) is 43.7 Å². The van der Waals surface area contributed by atoms with Gasteiger partial charge in [-0.25, -0.2) is 4.98 Å². The van der Waals surface area contributed by atoms with E-state index in [2.05, 4.69) is 16.0 Å². The molecule has 2 unspecified atom stereocenters. The second-order valence-electron chi connectivity index (χ2n) is 5.97. The molecule has 2 aliphatic rings. The molecule has 1 saturated carbocycles. The van der Waals surface area contributed by atoms with Gasteiger partial charge >= 0.3 is 0 Å². The highest BCUT2D eigenvalue weighted by atomic mass is 15.2. The molecule has 1 aromatic heterocycles. The van der Waals surface area contributed by atoms with Crippen LogP contribution in [0, 0.1) is 30.1 Å². The molecule has 3 rings (SSSR count). The molecule has 0 N–H and O–H groups in total. The topological polar surface area (TPSA) is 39.9 Å². The lowest BCUT2D eigenvalue weighted by atomic mass is 9.75. The van der Waals surface area contributed by atoms with E-state index in [1.54, 1.807) is 0 Å². The Morgan fingerprint density at radius 3 is 2.79 bits per heavy atom. The van der Waals surface area contributed by atoms with Crippen molar-refractivity contribution in [3.05, 3.63) is 23.4 Å². The van der Waals surface area contributed by atoms with Crippen molar-refractivity contribution in [2.75, 3.05) is 18.0 Å². The Kier molecular flexibility index (Phi) is 3.42. The van der Waals surface area contributed by atoms with Gasteiger partial charge in [-0.2, -0.15) is 5.26 Å². The van der Waals surface area contributed by atoms with E-state index < -0.39 is 0 Å². The van der Waals surface area contributed by atoms with E-state index in [0.717, 1.165) is 42.0 Å². The highest BCUT2D eigenvalue weighted by Gasteiger charge is 2.32. The van der Waals surface area contributed by atoms with E-state index >= 15 is 0 Å². The number of pyridine rings is 1. The standard InChI is InChI=1S/C16H21N3/c1-12-6-7-14(10-17)16(18-12)19-9-8-13-4-2-3-5-15(13)11-19/h6-7,13,15H,2-5,8-9,11H2,1H3. The summed E-state index contributed by atoms with van der Waals surface area (Å²) >= 11 is 0. The number of hydrogen-bond acceptors (Lipinski definition) is 3. The van der Waals surface area contributed by atoms with Gasteiger partial charge in [0.1, 0.15) is 11.9 Å². The number of hydrogen-bond donors (Lipinski definition) is 0. The number of aromatic nitrogens is 1. The van der Waals surface area contributed by atoms with E-state index in [9.17, 15) is 5.26 Å². The Balaban J connectivity index is 1.83. The van der Waals surface area contributed by atoms with Crippen LogP contribution in [-0.2, 0) is 0 Å². The molecule has 19 heavy (non-hydrogen) atoms. The fraction of sp³-hybridized carbons (Fsp3) is 0.625. The number of fused-ring (bicyclic) bond motifs is 1. The normalized spacial score (nSPS) is 26.6. The minimum Gasteiger partial charge on any atom is -0.355 e. The van der Waals surface area contributed by atoms with E-state index in [0.29, 0.717) is 0 Å². The van der Waals surface area contributed by atoms with Crippen molar-refractivity contribution < 1.29 is 0 Å². The van der Waals surface area contributed by atoms with E-state index in [1.165, 1.54) is 32.1 Å². The van der Waals surface area contributed by atoms with Gasteiger partial charge in [0.2, 0.25) is 0 Å². The maximum absolute atomic E-state index is 9.26. The Morgan fingerprint density at radius 2 is 2.00 bits per heavy atom. The van der Waals surface area contributed by atoms with E-state index in [-0.39, 0.29) is 0 Å². The first-order valence-electron chi connectivity index (χ1n) is 7.40. The summed E-state index contributed by atoms with van der Waals surface area (Å²) in [6, 6.07) is 6.12. The van der Waals surface area contributed by atoms with Crippen LogP contribution in [0.5, 0.6) is 0 Å². The van der Waals surface area contributed by atoms with Crippen LogP contribution in [0.25, 0.3) is 0 Å². The van der Waals surface area contributed by atoms with Crippen molar-refractivity contribution in [3.8, 4) is 6.07 Å². The molecule has 3 nitrogen and oxygen atoms in total. The third-order valence-electron chi connectivity index (χ3n) is 4.73. The highest BCUT2D eigenvalue weighted by molar-refractivity contribution is 5.54. The summed E-state index contributed by atoms with van der Waals surface area (Å²) in [6.45, 7) is 4.15. The summed E-state index contributed by atoms with van der Waals surface area (Å²) in [6.07, 6.45) is 6.82. The molecule has 1 saturated heterocycles. The predicted octanol–water partition coefficient (Wildman–Crippen LogP) is 3.28. The van der Waals surface area contributed by atoms with E-state index in [4.69, 9.17) is 0 Å². The molecule has 2 fully saturated rings. The predicted molar refractivity (Wildman–Crippen MR) is 76.0 cm³/mol. The minimum absolute atomic E-state index is 0.722. The SMILES string of the molecule is Cc1ccc(C#N)c(N2CCC3CCCCC3C2)n1. The zero-order chi connectivity index (χ0) is 13.2. The summed E-state index contributed by atoms with van der Waals surface area (Å²) < 4.78 is 0. The maximum Gasteiger partial charge on any atom is 0.146 e. The smallest absolute Gasteiger partial charge is 0.146 e. The summed E-state index contributed by atoms with van der Waals surface area (Å²) in [7, 11) is 0. The molecule has 3 heteroatoms. The number of anilines is 1. The molecule has 2 atom stereocenters. The fourth-order valence-electron chi connectivity index (χ4n) is 3.66. The van der Waals surface area contributed by atoms with Crippen LogP contribution in [0.2, 0.25) is 0 Å². The zero-order valence-corrected chi connectivity index (χ0v) is 11.6. The first-order valence-corrected chi connectivity index (χ1v) is 7.40. The summed E-state index contributed by atoms with van der Waals surface area (Å²) in [4.78, 5) is 6.95. The van der Waals surface area contributed by atoms with Gasteiger partial charge in [-0.15, -0.1) is 0 Å². The lowest BCUT2D eigenvalue weighted by molar-refractivity contribution is 0.202. The van der Waals surface area contributed by atoms with Gasteiger partial charge in [-0.3, -0.25) is 0 Å². The van der Waals surface area contributed by atoms with Crippen LogP contribution in [-0.4, -0.2) is 18.1 Å².